The standard InChI is InChI=1S/C15H27N5O.HI/c1-3-16-15(18-11-14-19-12(2)20-21-14)17-10-6-9-13-7-4-5-8-13;/h13H,3-11H2,1-2H3,(H2,16,17,18);1H. The molecule has 1 aliphatic rings. The molecule has 0 saturated heterocycles. The molecule has 0 bridgehead atoms. The van der Waals surface area contributed by atoms with Gasteiger partial charge in [0.25, 0.3) is 0 Å². The van der Waals surface area contributed by atoms with Crippen LogP contribution in [0.5, 0.6) is 0 Å². The van der Waals surface area contributed by atoms with E-state index in [1.165, 1.54) is 38.5 Å². The van der Waals surface area contributed by atoms with Crippen molar-refractivity contribution in [2.75, 3.05) is 13.1 Å². The van der Waals surface area contributed by atoms with Crippen LogP contribution in [-0.2, 0) is 6.54 Å². The highest BCUT2D eigenvalue weighted by molar-refractivity contribution is 14.0. The summed E-state index contributed by atoms with van der Waals surface area (Å²) in [4.78, 5) is 8.62. The third-order valence-corrected chi connectivity index (χ3v) is 3.84. The van der Waals surface area contributed by atoms with Gasteiger partial charge < -0.3 is 15.2 Å². The first-order valence-electron chi connectivity index (χ1n) is 8.09. The van der Waals surface area contributed by atoms with Crippen molar-refractivity contribution in [3.8, 4) is 0 Å². The Morgan fingerprint density at radius 2 is 2.09 bits per heavy atom. The van der Waals surface area contributed by atoms with Gasteiger partial charge in [0.15, 0.2) is 11.8 Å². The number of aryl methyl sites for hydroxylation is 1. The quantitative estimate of drug-likeness (QED) is 0.307. The van der Waals surface area contributed by atoms with E-state index in [-0.39, 0.29) is 24.0 Å². The van der Waals surface area contributed by atoms with Gasteiger partial charge in [0.2, 0.25) is 5.89 Å². The molecule has 2 rings (SSSR count). The average Bonchev–Trinajstić information content (AvgIpc) is 3.12. The van der Waals surface area contributed by atoms with Crippen LogP contribution in [0.1, 0.15) is 57.2 Å². The molecule has 1 aromatic heterocycles. The first kappa shape index (κ1) is 19.2. The Morgan fingerprint density at radius 1 is 1.32 bits per heavy atom. The highest BCUT2D eigenvalue weighted by atomic mass is 127. The van der Waals surface area contributed by atoms with Gasteiger partial charge in [-0.1, -0.05) is 30.8 Å². The Morgan fingerprint density at radius 3 is 2.73 bits per heavy atom. The predicted molar refractivity (Wildman–Crippen MR) is 98.5 cm³/mol. The number of nitrogens with zero attached hydrogens (tertiary/aromatic N) is 3. The first-order chi connectivity index (χ1) is 10.3. The fraction of sp³-hybridized carbons (Fsp3) is 0.800. The highest BCUT2D eigenvalue weighted by Gasteiger charge is 2.14. The van der Waals surface area contributed by atoms with Crippen LogP contribution in [0.15, 0.2) is 9.52 Å². The van der Waals surface area contributed by atoms with Crippen LogP contribution < -0.4 is 10.6 Å². The van der Waals surface area contributed by atoms with Crippen molar-refractivity contribution in [1.29, 1.82) is 0 Å². The van der Waals surface area contributed by atoms with E-state index >= 15 is 0 Å². The molecule has 0 aromatic carbocycles. The molecule has 0 aliphatic heterocycles. The van der Waals surface area contributed by atoms with E-state index < -0.39 is 0 Å². The molecule has 22 heavy (non-hydrogen) atoms. The molecular formula is C15H28IN5O. The van der Waals surface area contributed by atoms with Crippen molar-refractivity contribution in [3.05, 3.63) is 11.7 Å². The summed E-state index contributed by atoms with van der Waals surface area (Å²) in [5, 5.41) is 10.4. The Hall–Kier alpha value is -0.860. The molecule has 0 spiro atoms. The van der Waals surface area contributed by atoms with Gasteiger partial charge in [0, 0.05) is 13.1 Å². The van der Waals surface area contributed by atoms with Crippen LogP contribution in [0, 0.1) is 12.8 Å². The van der Waals surface area contributed by atoms with Gasteiger partial charge in [-0.2, -0.15) is 4.98 Å². The van der Waals surface area contributed by atoms with Crippen LogP contribution in [0.2, 0.25) is 0 Å². The predicted octanol–water partition coefficient (Wildman–Crippen LogP) is 3.02. The molecule has 6 nitrogen and oxygen atoms in total. The summed E-state index contributed by atoms with van der Waals surface area (Å²) in [7, 11) is 0. The Bertz CT molecular complexity index is 443. The summed E-state index contributed by atoms with van der Waals surface area (Å²) in [5.74, 6) is 2.97. The molecule has 0 radical (unpaired) electrons. The monoisotopic (exact) mass is 421 g/mol. The topological polar surface area (TPSA) is 75.3 Å². The minimum Gasteiger partial charge on any atom is -0.357 e. The van der Waals surface area contributed by atoms with E-state index in [4.69, 9.17) is 4.52 Å². The summed E-state index contributed by atoms with van der Waals surface area (Å²) in [6.07, 6.45) is 8.22. The maximum Gasteiger partial charge on any atom is 0.248 e. The SMILES string of the molecule is CCNC(=NCc1nc(C)no1)NCCCC1CCCC1.I. The van der Waals surface area contributed by atoms with E-state index in [0.29, 0.717) is 18.3 Å². The Kier molecular flexibility index (Phi) is 9.42. The van der Waals surface area contributed by atoms with Crippen molar-refractivity contribution in [2.24, 2.45) is 10.9 Å². The van der Waals surface area contributed by atoms with Gasteiger partial charge >= 0.3 is 0 Å². The number of hydrogen-bond acceptors (Lipinski definition) is 4. The third-order valence-electron chi connectivity index (χ3n) is 3.84. The summed E-state index contributed by atoms with van der Waals surface area (Å²) in [6, 6.07) is 0. The summed E-state index contributed by atoms with van der Waals surface area (Å²) in [5.41, 5.74) is 0. The zero-order chi connectivity index (χ0) is 14.9. The summed E-state index contributed by atoms with van der Waals surface area (Å²) >= 11 is 0. The Balaban J connectivity index is 0.00000242. The second-order valence-corrected chi connectivity index (χ2v) is 5.65. The number of nitrogens with one attached hydrogen (secondary N) is 2. The lowest BCUT2D eigenvalue weighted by Crippen LogP contribution is -2.37. The molecular weight excluding hydrogens is 393 g/mol. The Labute approximate surface area is 149 Å². The molecule has 1 aliphatic carbocycles. The minimum absolute atomic E-state index is 0. The molecule has 7 heteroatoms. The zero-order valence-electron chi connectivity index (χ0n) is 13.6. The summed E-state index contributed by atoms with van der Waals surface area (Å²) in [6.45, 7) is 6.09. The number of aromatic nitrogens is 2. The van der Waals surface area contributed by atoms with Crippen LogP contribution in [0.3, 0.4) is 0 Å². The van der Waals surface area contributed by atoms with Crippen molar-refractivity contribution in [1.82, 2.24) is 20.8 Å². The van der Waals surface area contributed by atoms with Crippen molar-refractivity contribution >= 4 is 29.9 Å². The van der Waals surface area contributed by atoms with Gasteiger partial charge in [-0.15, -0.1) is 24.0 Å². The second kappa shape index (κ2) is 10.8. The molecule has 2 N–H and O–H groups in total. The molecule has 1 saturated carbocycles. The molecule has 1 heterocycles. The molecule has 1 fully saturated rings. The second-order valence-electron chi connectivity index (χ2n) is 5.65. The van der Waals surface area contributed by atoms with Crippen LogP contribution in [-0.4, -0.2) is 29.2 Å². The van der Waals surface area contributed by atoms with Crippen molar-refractivity contribution < 1.29 is 4.52 Å². The number of aliphatic imine (C=N–C) groups is 1. The lowest BCUT2D eigenvalue weighted by Gasteiger charge is -2.12. The van der Waals surface area contributed by atoms with E-state index in [1.807, 2.05) is 6.92 Å². The maximum atomic E-state index is 5.06. The average molecular weight is 421 g/mol. The molecule has 0 atom stereocenters. The lowest BCUT2D eigenvalue weighted by molar-refractivity contribution is 0.376. The zero-order valence-corrected chi connectivity index (χ0v) is 15.9. The molecule has 0 amide bonds. The molecule has 126 valence electrons. The van der Waals surface area contributed by atoms with E-state index in [0.717, 1.165) is 25.0 Å². The molecule has 0 unspecified atom stereocenters. The largest absolute Gasteiger partial charge is 0.357 e. The number of guanidine groups is 1. The van der Waals surface area contributed by atoms with Gasteiger partial charge in [-0.3, -0.25) is 0 Å². The fourth-order valence-electron chi connectivity index (χ4n) is 2.79. The van der Waals surface area contributed by atoms with Crippen molar-refractivity contribution in [2.45, 2.75) is 58.9 Å². The van der Waals surface area contributed by atoms with E-state index in [1.54, 1.807) is 0 Å². The van der Waals surface area contributed by atoms with Gasteiger partial charge in [0.05, 0.1) is 0 Å². The van der Waals surface area contributed by atoms with Crippen molar-refractivity contribution in [3.63, 3.8) is 0 Å². The molecule has 1 aromatic rings. The third kappa shape index (κ3) is 6.93. The number of hydrogen-bond donors (Lipinski definition) is 2. The van der Waals surface area contributed by atoms with Crippen LogP contribution in [0.25, 0.3) is 0 Å². The normalized spacial score (nSPS) is 15.6. The summed E-state index contributed by atoms with van der Waals surface area (Å²) < 4.78 is 5.06. The minimum atomic E-state index is 0. The van der Waals surface area contributed by atoms with Crippen LogP contribution in [0.4, 0.5) is 0 Å². The lowest BCUT2D eigenvalue weighted by atomic mass is 10.0. The van der Waals surface area contributed by atoms with E-state index in [9.17, 15) is 0 Å². The van der Waals surface area contributed by atoms with Gasteiger partial charge in [-0.25, -0.2) is 4.99 Å². The van der Waals surface area contributed by atoms with Gasteiger partial charge in [-0.05, 0) is 32.6 Å². The van der Waals surface area contributed by atoms with Gasteiger partial charge in [0.1, 0.15) is 6.54 Å². The van der Waals surface area contributed by atoms with E-state index in [2.05, 4.69) is 32.7 Å². The first-order valence-corrected chi connectivity index (χ1v) is 8.09. The number of rotatable bonds is 7. The number of halogens is 1. The maximum absolute atomic E-state index is 5.06. The fourth-order valence-corrected chi connectivity index (χ4v) is 2.79. The smallest absolute Gasteiger partial charge is 0.248 e. The van der Waals surface area contributed by atoms with Crippen LogP contribution >= 0.6 is 24.0 Å². The highest BCUT2D eigenvalue weighted by Crippen LogP contribution is 2.28.